The van der Waals surface area contributed by atoms with Gasteiger partial charge in [0, 0.05) is 5.39 Å². The molecule has 0 saturated heterocycles. The van der Waals surface area contributed by atoms with Crippen molar-refractivity contribution in [2.24, 2.45) is 0 Å². The first-order valence-electron chi connectivity index (χ1n) is 4.54. The first-order valence-corrected chi connectivity index (χ1v) is 6.09. The molecule has 2 nitrogen and oxygen atoms in total. The molecule has 0 fully saturated rings. The smallest absolute Gasteiger partial charge is 0.222 e. The first-order chi connectivity index (χ1) is 7.54. The van der Waals surface area contributed by atoms with E-state index in [4.69, 9.17) is 23.2 Å². The van der Waals surface area contributed by atoms with Crippen molar-refractivity contribution in [1.82, 2.24) is 9.97 Å². The van der Waals surface area contributed by atoms with E-state index >= 15 is 0 Å². The van der Waals surface area contributed by atoms with Gasteiger partial charge in [-0.05, 0) is 40.0 Å². The van der Waals surface area contributed by atoms with Gasteiger partial charge in [0.05, 0.1) is 15.2 Å². The Morgan fingerprint density at radius 1 is 1.38 bits per heavy atom. The van der Waals surface area contributed by atoms with Crippen LogP contribution in [-0.2, 0) is 6.42 Å². The van der Waals surface area contributed by atoms with Gasteiger partial charge >= 0.3 is 0 Å². The highest BCUT2D eigenvalue weighted by molar-refractivity contribution is 9.10. The summed E-state index contributed by atoms with van der Waals surface area (Å²) in [6, 6.07) is 1.64. The van der Waals surface area contributed by atoms with E-state index in [1.54, 1.807) is 6.07 Å². The third kappa shape index (κ3) is 1.90. The van der Waals surface area contributed by atoms with Crippen molar-refractivity contribution in [3.63, 3.8) is 0 Å². The molecule has 0 aliphatic rings. The number of hydrogen-bond acceptors (Lipinski definition) is 2. The zero-order chi connectivity index (χ0) is 11.9. The summed E-state index contributed by atoms with van der Waals surface area (Å²) < 4.78 is 14.1. The molecule has 6 heteroatoms. The van der Waals surface area contributed by atoms with E-state index in [1.165, 1.54) is 0 Å². The number of benzene rings is 1. The van der Waals surface area contributed by atoms with Gasteiger partial charge in [0.15, 0.2) is 5.82 Å². The topological polar surface area (TPSA) is 25.8 Å². The molecule has 0 aliphatic carbocycles. The fraction of sp³-hybridized carbons (Fsp3) is 0.200. The maximum Gasteiger partial charge on any atom is 0.223 e. The molecule has 0 aliphatic heterocycles. The molecule has 0 N–H and O–H groups in total. The minimum atomic E-state index is -0.512. The number of aryl methyl sites for hydroxylation is 1. The Morgan fingerprint density at radius 3 is 2.69 bits per heavy atom. The average Bonchev–Trinajstić information content (AvgIpc) is 2.26. The lowest BCUT2D eigenvalue weighted by Crippen LogP contribution is -1.97. The summed E-state index contributed by atoms with van der Waals surface area (Å²) in [5.74, 6) is -0.512. The molecule has 0 unspecified atom stereocenters. The van der Waals surface area contributed by atoms with Gasteiger partial charge in [-0.25, -0.2) is 14.4 Å². The fourth-order valence-electron chi connectivity index (χ4n) is 1.47. The highest BCUT2D eigenvalue weighted by atomic mass is 79.9. The minimum Gasteiger partial charge on any atom is -0.222 e. The van der Waals surface area contributed by atoms with Gasteiger partial charge in [-0.3, -0.25) is 0 Å². The number of hydrogen-bond donors (Lipinski definition) is 0. The molecule has 2 rings (SSSR count). The first kappa shape index (κ1) is 12.0. The number of halogens is 4. The molecule has 2 aromatic rings. The third-order valence-electron chi connectivity index (χ3n) is 2.21. The van der Waals surface area contributed by atoms with Crippen molar-refractivity contribution in [3.8, 4) is 0 Å². The van der Waals surface area contributed by atoms with Crippen molar-refractivity contribution >= 4 is 50.0 Å². The van der Waals surface area contributed by atoms with Crippen molar-refractivity contribution in [2.75, 3.05) is 0 Å². The van der Waals surface area contributed by atoms with Crippen LogP contribution in [0.2, 0.25) is 10.3 Å². The Kier molecular flexibility index (Phi) is 3.33. The molecule has 0 radical (unpaired) electrons. The molecule has 0 bridgehead atoms. The lowest BCUT2D eigenvalue weighted by Gasteiger charge is -2.07. The van der Waals surface area contributed by atoms with Crippen molar-refractivity contribution in [2.45, 2.75) is 13.3 Å². The second-order valence-electron chi connectivity index (χ2n) is 3.18. The molecule has 0 amide bonds. The standard InChI is InChI=1S/C10H6BrCl2FN2/c1-2-6-4-3-5(12)7(11)8(14)9(4)16-10(13)15-6/h3H,2H2,1H3. The molecule has 1 heterocycles. The van der Waals surface area contributed by atoms with Gasteiger partial charge in [0.25, 0.3) is 0 Å². The van der Waals surface area contributed by atoms with Crippen LogP contribution in [0.15, 0.2) is 10.5 Å². The Bertz CT molecular complexity index is 574. The second-order valence-corrected chi connectivity index (χ2v) is 4.71. The molecule has 1 aromatic heterocycles. The van der Waals surface area contributed by atoms with Crippen LogP contribution < -0.4 is 0 Å². The van der Waals surface area contributed by atoms with E-state index in [2.05, 4.69) is 25.9 Å². The van der Waals surface area contributed by atoms with Gasteiger partial charge < -0.3 is 0 Å². The summed E-state index contributed by atoms with van der Waals surface area (Å²) in [6.07, 6.45) is 0.635. The Hall–Kier alpha value is -0.450. The van der Waals surface area contributed by atoms with Crippen LogP contribution in [0.4, 0.5) is 4.39 Å². The molecule has 16 heavy (non-hydrogen) atoms. The zero-order valence-electron chi connectivity index (χ0n) is 8.19. The number of fused-ring (bicyclic) bond motifs is 1. The maximum atomic E-state index is 13.9. The van der Waals surface area contributed by atoms with Gasteiger partial charge in [-0.15, -0.1) is 0 Å². The van der Waals surface area contributed by atoms with E-state index < -0.39 is 5.82 Å². The van der Waals surface area contributed by atoms with Crippen LogP contribution in [0, 0.1) is 5.82 Å². The predicted octanol–water partition coefficient (Wildman–Crippen LogP) is 4.40. The van der Waals surface area contributed by atoms with Crippen molar-refractivity contribution in [1.29, 1.82) is 0 Å². The van der Waals surface area contributed by atoms with E-state index in [-0.39, 0.29) is 15.3 Å². The Morgan fingerprint density at radius 2 is 2.06 bits per heavy atom. The lowest BCUT2D eigenvalue weighted by atomic mass is 10.1. The van der Waals surface area contributed by atoms with Gasteiger partial charge in [-0.1, -0.05) is 18.5 Å². The highest BCUT2D eigenvalue weighted by Gasteiger charge is 2.15. The summed E-state index contributed by atoms with van der Waals surface area (Å²) in [6.45, 7) is 1.91. The number of aromatic nitrogens is 2. The van der Waals surface area contributed by atoms with Gasteiger partial charge in [0.2, 0.25) is 5.28 Å². The summed E-state index contributed by atoms with van der Waals surface area (Å²) in [4.78, 5) is 7.92. The third-order valence-corrected chi connectivity index (χ3v) is 3.68. The molecule has 84 valence electrons. The molecule has 0 atom stereocenters. The quantitative estimate of drug-likeness (QED) is 0.574. The van der Waals surface area contributed by atoms with Crippen molar-refractivity contribution < 1.29 is 4.39 Å². The van der Waals surface area contributed by atoms with Crippen molar-refractivity contribution in [3.05, 3.63) is 32.4 Å². The minimum absolute atomic E-state index is 0.0393. The number of nitrogens with zero attached hydrogens (tertiary/aromatic N) is 2. The maximum absolute atomic E-state index is 13.9. The van der Waals surface area contributed by atoms with E-state index in [9.17, 15) is 4.39 Å². The number of rotatable bonds is 1. The zero-order valence-corrected chi connectivity index (χ0v) is 11.3. The SMILES string of the molecule is CCc1nc(Cl)nc2c(F)c(Br)c(Cl)cc12. The molecular formula is C10H6BrCl2FN2. The van der Waals surface area contributed by atoms with Crippen LogP contribution in [-0.4, -0.2) is 9.97 Å². The average molecular weight is 324 g/mol. The lowest BCUT2D eigenvalue weighted by molar-refractivity contribution is 0.630. The fourth-order valence-corrected chi connectivity index (χ4v) is 2.15. The predicted molar refractivity (Wildman–Crippen MR) is 66.6 cm³/mol. The van der Waals surface area contributed by atoms with E-state index in [1.807, 2.05) is 6.92 Å². The Labute approximate surface area is 110 Å². The highest BCUT2D eigenvalue weighted by Crippen LogP contribution is 2.32. The molecule has 1 aromatic carbocycles. The van der Waals surface area contributed by atoms with Gasteiger partial charge in [-0.2, -0.15) is 0 Å². The van der Waals surface area contributed by atoms with Gasteiger partial charge in [0.1, 0.15) is 5.52 Å². The largest absolute Gasteiger partial charge is 0.223 e. The second kappa shape index (κ2) is 4.43. The van der Waals surface area contributed by atoms with E-state index in [0.717, 1.165) is 0 Å². The van der Waals surface area contributed by atoms with Crippen LogP contribution in [0.3, 0.4) is 0 Å². The summed E-state index contributed by atoms with van der Waals surface area (Å²) in [5, 5.41) is 0.931. The van der Waals surface area contributed by atoms with E-state index in [0.29, 0.717) is 22.5 Å². The molecule has 0 saturated carbocycles. The van der Waals surface area contributed by atoms with Crippen LogP contribution in [0.25, 0.3) is 10.9 Å². The molecule has 0 spiro atoms. The normalized spacial score (nSPS) is 11.1. The van der Waals surface area contributed by atoms with Crippen LogP contribution in [0.5, 0.6) is 0 Å². The Balaban J connectivity index is 2.94. The summed E-state index contributed by atoms with van der Waals surface area (Å²) >= 11 is 14.7. The van der Waals surface area contributed by atoms with Crippen LogP contribution in [0.1, 0.15) is 12.6 Å². The summed E-state index contributed by atoms with van der Waals surface area (Å²) in [7, 11) is 0. The van der Waals surface area contributed by atoms with Crippen LogP contribution >= 0.6 is 39.1 Å². The monoisotopic (exact) mass is 322 g/mol. The summed E-state index contributed by atoms with van der Waals surface area (Å²) in [5.41, 5.74) is 0.872. The molecular weight excluding hydrogens is 318 g/mol.